The van der Waals surface area contributed by atoms with E-state index in [2.05, 4.69) is 5.32 Å². The topological polar surface area (TPSA) is 38.3 Å². The smallest absolute Gasteiger partial charge is 0.224 e. The van der Waals surface area contributed by atoms with Crippen LogP contribution >= 0.6 is 23.2 Å². The second-order valence-corrected chi connectivity index (χ2v) is 6.18. The number of hydrogen-bond donors (Lipinski definition) is 1. The lowest BCUT2D eigenvalue weighted by molar-refractivity contribution is -0.116. The van der Waals surface area contributed by atoms with Crippen molar-refractivity contribution < 1.29 is 9.53 Å². The van der Waals surface area contributed by atoms with E-state index in [1.165, 1.54) is 0 Å². The van der Waals surface area contributed by atoms with Crippen LogP contribution in [0.25, 0.3) is 0 Å². The van der Waals surface area contributed by atoms with Crippen LogP contribution in [0.4, 0.5) is 5.69 Å². The van der Waals surface area contributed by atoms with Gasteiger partial charge in [-0.15, -0.1) is 0 Å². The lowest BCUT2D eigenvalue weighted by Gasteiger charge is -2.10. The molecule has 1 N–H and O–H groups in total. The third-order valence-corrected chi connectivity index (χ3v) is 4.06. The molecule has 0 atom stereocenters. The molecule has 3 nitrogen and oxygen atoms in total. The molecule has 2 aromatic carbocycles. The number of nitrogens with one attached hydrogen (secondary N) is 1. The lowest BCUT2D eigenvalue weighted by atomic mass is 10.0. The molecular formula is C18H19Cl2NO2. The Morgan fingerprint density at radius 3 is 2.70 bits per heavy atom. The second-order valence-electron chi connectivity index (χ2n) is 5.34. The van der Waals surface area contributed by atoms with Crippen molar-refractivity contribution in [1.82, 2.24) is 0 Å². The minimum Gasteiger partial charge on any atom is -0.496 e. The Hall–Kier alpha value is -1.71. The maximum atomic E-state index is 12.0. The van der Waals surface area contributed by atoms with E-state index in [9.17, 15) is 4.79 Å². The zero-order valence-corrected chi connectivity index (χ0v) is 14.7. The molecule has 0 unspecified atom stereocenters. The van der Waals surface area contributed by atoms with Gasteiger partial charge in [0.05, 0.1) is 17.8 Å². The van der Waals surface area contributed by atoms with E-state index in [0.29, 0.717) is 22.2 Å². The fourth-order valence-corrected chi connectivity index (χ4v) is 2.64. The number of aryl methyl sites for hydroxylation is 2. The van der Waals surface area contributed by atoms with Crippen molar-refractivity contribution in [1.29, 1.82) is 0 Å². The summed E-state index contributed by atoms with van der Waals surface area (Å²) >= 11 is 11.9. The highest BCUT2D eigenvalue weighted by molar-refractivity contribution is 6.35. The third kappa shape index (κ3) is 5.15. The molecule has 2 rings (SSSR count). The van der Waals surface area contributed by atoms with Gasteiger partial charge >= 0.3 is 0 Å². The minimum absolute atomic E-state index is 0.0831. The highest BCUT2D eigenvalue weighted by atomic mass is 35.5. The molecule has 0 aliphatic carbocycles. The van der Waals surface area contributed by atoms with Gasteiger partial charge in [-0.2, -0.15) is 0 Å². The van der Waals surface area contributed by atoms with Gasteiger partial charge in [-0.3, -0.25) is 4.79 Å². The van der Waals surface area contributed by atoms with Gasteiger partial charge in [0.1, 0.15) is 5.75 Å². The Bertz CT molecular complexity index is 701. The molecule has 0 saturated heterocycles. The summed E-state index contributed by atoms with van der Waals surface area (Å²) in [5.74, 6) is 0.781. The average molecular weight is 352 g/mol. The van der Waals surface area contributed by atoms with E-state index in [1.807, 2.05) is 25.1 Å². The molecular weight excluding hydrogens is 333 g/mol. The molecule has 0 aliphatic rings. The first-order valence-corrected chi connectivity index (χ1v) is 8.13. The third-order valence-electron chi connectivity index (χ3n) is 3.50. The first-order chi connectivity index (χ1) is 11.0. The number of hydrogen-bond acceptors (Lipinski definition) is 2. The summed E-state index contributed by atoms with van der Waals surface area (Å²) in [7, 11) is 1.66. The Morgan fingerprint density at radius 1 is 1.17 bits per heavy atom. The number of methoxy groups -OCH3 is 1. The van der Waals surface area contributed by atoms with Crippen molar-refractivity contribution in [2.75, 3.05) is 12.4 Å². The molecule has 0 aliphatic heterocycles. The first kappa shape index (κ1) is 17.6. The van der Waals surface area contributed by atoms with Gasteiger partial charge in [0, 0.05) is 11.4 Å². The number of ether oxygens (including phenoxy) is 1. The van der Waals surface area contributed by atoms with Crippen LogP contribution < -0.4 is 10.1 Å². The van der Waals surface area contributed by atoms with Gasteiger partial charge in [0.15, 0.2) is 0 Å². The van der Waals surface area contributed by atoms with Gasteiger partial charge in [0.25, 0.3) is 0 Å². The standard InChI is InChI=1S/C18H19Cl2NO2/c1-12-6-7-13(17(10-12)23-2)4-3-5-18(22)21-16-11-14(19)8-9-15(16)20/h6-11H,3-5H2,1-2H3,(H,21,22). The Kier molecular flexibility index (Phi) is 6.31. The van der Waals surface area contributed by atoms with Gasteiger partial charge < -0.3 is 10.1 Å². The summed E-state index contributed by atoms with van der Waals surface area (Å²) in [6, 6.07) is 11.1. The first-order valence-electron chi connectivity index (χ1n) is 7.38. The lowest BCUT2D eigenvalue weighted by Crippen LogP contribution is -2.12. The van der Waals surface area contributed by atoms with E-state index in [0.717, 1.165) is 29.7 Å². The predicted octanol–water partition coefficient (Wildman–Crippen LogP) is 5.27. The summed E-state index contributed by atoms with van der Waals surface area (Å²) in [4.78, 5) is 12.0. The molecule has 0 aromatic heterocycles. The van der Waals surface area contributed by atoms with Crippen molar-refractivity contribution >= 4 is 34.8 Å². The van der Waals surface area contributed by atoms with Crippen molar-refractivity contribution in [2.45, 2.75) is 26.2 Å². The van der Waals surface area contributed by atoms with E-state index in [-0.39, 0.29) is 5.91 Å². The molecule has 1 amide bonds. The quantitative estimate of drug-likeness (QED) is 0.769. The SMILES string of the molecule is COc1cc(C)ccc1CCCC(=O)Nc1cc(Cl)ccc1Cl. The maximum absolute atomic E-state index is 12.0. The number of carbonyl (C=O) groups excluding carboxylic acids is 1. The van der Waals surface area contributed by atoms with Gasteiger partial charge in [-0.1, -0.05) is 35.3 Å². The Balaban J connectivity index is 1.89. The van der Waals surface area contributed by atoms with Crippen molar-refractivity contribution in [2.24, 2.45) is 0 Å². The zero-order chi connectivity index (χ0) is 16.8. The molecule has 122 valence electrons. The summed E-state index contributed by atoms with van der Waals surface area (Å²) in [6.07, 6.45) is 1.91. The van der Waals surface area contributed by atoms with Crippen LogP contribution in [0, 0.1) is 6.92 Å². The van der Waals surface area contributed by atoms with Crippen molar-refractivity contribution in [3.8, 4) is 5.75 Å². The van der Waals surface area contributed by atoms with Crippen LogP contribution in [-0.2, 0) is 11.2 Å². The van der Waals surface area contributed by atoms with Crippen LogP contribution in [0.2, 0.25) is 10.0 Å². The van der Waals surface area contributed by atoms with Crippen molar-refractivity contribution in [3.63, 3.8) is 0 Å². The molecule has 0 radical (unpaired) electrons. The van der Waals surface area contributed by atoms with Crippen molar-refractivity contribution in [3.05, 3.63) is 57.6 Å². The average Bonchev–Trinajstić information content (AvgIpc) is 2.52. The van der Waals surface area contributed by atoms with Gasteiger partial charge in [0.2, 0.25) is 5.91 Å². The largest absolute Gasteiger partial charge is 0.496 e. The maximum Gasteiger partial charge on any atom is 0.224 e. The molecule has 5 heteroatoms. The van der Waals surface area contributed by atoms with Gasteiger partial charge in [-0.25, -0.2) is 0 Å². The number of amides is 1. The summed E-state index contributed by atoms with van der Waals surface area (Å²) in [5, 5.41) is 3.80. The predicted molar refractivity (Wildman–Crippen MR) is 95.8 cm³/mol. The second kappa shape index (κ2) is 8.23. The molecule has 23 heavy (non-hydrogen) atoms. The normalized spacial score (nSPS) is 10.4. The number of halogens is 2. The fourth-order valence-electron chi connectivity index (χ4n) is 2.30. The number of rotatable bonds is 6. The minimum atomic E-state index is -0.0831. The molecule has 0 saturated carbocycles. The highest BCUT2D eigenvalue weighted by Crippen LogP contribution is 2.26. The van der Waals surface area contributed by atoms with E-state index in [4.69, 9.17) is 27.9 Å². The van der Waals surface area contributed by atoms with Crippen LogP contribution in [0.5, 0.6) is 5.75 Å². The summed E-state index contributed by atoms with van der Waals surface area (Å²) in [5.41, 5.74) is 2.79. The highest BCUT2D eigenvalue weighted by Gasteiger charge is 2.08. The van der Waals surface area contributed by atoms with Crippen LogP contribution in [0.1, 0.15) is 24.0 Å². The van der Waals surface area contributed by atoms with Crippen LogP contribution in [0.3, 0.4) is 0 Å². The Labute approximate surface area is 146 Å². The molecule has 0 fully saturated rings. The fraction of sp³-hybridized carbons (Fsp3) is 0.278. The summed E-state index contributed by atoms with van der Waals surface area (Å²) < 4.78 is 5.38. The van der Waals surface area contributed by atoms with Gasteiger partial charge in [-0.05, 0) is 55.2 Å². The molecule has 0 bridgehead atoms. The van der Waals surface area contributed by atoms with E-state index in [1.54, 1.807) is 25.3 Å². The summed E-state index contributed by atoms with van der Waals surface area (Å²) in [6.45, 7) is 2.02. The van der Waals surface area contributed by atoms with E-state index >= 15 is 0 Å². The molecule has 2 aromatic rings. The molecule has 0 spiro atoms. The Morgan fingerprint density at radius 2 is 1.96 bits per heavy atom. The number of anilines is 1. The van der Waals surface area contributed by atoms with Crippen LogP contribution in [-0.4, -0.2) is 13.0 Å². The number of carbonyl (C=O) groups is 1. The van der Waals surface area contributed by atoms with E-state index < -0.39 is 0 Å². The zero-order valence-electron chi connectivity index (χ0n) is 13.2. The van der Waals surface area contributed by atoms with Crippen LogP contribution in [0.15, 0.2) is 36.4 Å². The number of benzene rings is 2. The molecule has 0 heterocycles. The monoisotopic (exact) mass is 351 g/mol.